The number of rotatable bonds is 2. The second-order valence-corrected chi connectivity index (χ2v) is 5.26. The van der Waals surface area contributed by atoms with E-state index in [1.165, 1.54) is 5.56 Å². The fraction of sp³-hybridized carbons (Fsp3) is 0.312. The average Bonchev–Trinajstić information content (AvgIpc) is 2.55. The number of hydrogen-bond acceptors (Lipinski definition) is 3. The molecule has 1 atom stereocenters. The Morgan fingerprint density at radius 1 is 1.16 bits per heavy atom. The Bertz CT molecular complexity index is 580. The zero-order valence-electron chi connectivity index (χ0n) is 11.3. The summed E-state index contributed by atoms with van der Waals surface area (Å²) in [7, 11) is 4.19. The van der Waals surface area contributed by atoms with Gasteiger partial charge in [-0.25, -0.2) is 0 Å². The molecule has 0 radical (unpaired) electrons. The number of ether oxygens (including phenoxy) is 1. The van der Waals surface area contributed by atoms with Gasteiger partial charge in [0.15, 0.2) is 0 Å². The van der Waals surface area contributed by atoms with Crippen LogP contribution in [-0.2, 0) is 6.42 Å². The van der Waals surface area contributed by atoms with Crippen molar-refractivity contribution < 1.29 is 4.74 Å². The first-order valence-electron chi connectivity index (χ1n) is 6.59. The molecule has 0 spiro atoms. The van der Waals surface area contributed by atoms with Gasteiger partial charge in [-0.3, -0.25) is 4.98 Å². The zero-order valence-corrected chi connectivity index (χ0v) is 11.3. The normalized spacial score (nSPS) is 17.3. The molecule has 98 valence electrons. The summed E-state index contributed by atoms with van der Waals surface area (Å²) in [4.78, 5) is 6.75. The van der Waals surface area contributed by atoms with Crippen molar-refractivity contribution in [3.8, 4) is 11.5 Å². The van der Waals surface area contributed by atoms with Crippen molar-refractivity contribution in [2.24, 2.45) is 0 Å². The first-order valence-corrected chi connectivity index (χ1v) is 6.59. The number of nitrogens with zero attached hydrogens (tertiary/aromatic N) is 2. The number of fused-ring (bicyclic) bond motifs is 2. The van der Waals surface area contributed by atoms with Crippen molar-refractivity contribution in [2.75, 3.05) is 20.6 Å². The van der Waals surface area contributed by atoms with Gasteiger partial charge in [0.2, 0.25) is 0 Å². The summed E-state index contributed by atoms with van der Waals surface area (Å²) in [5.41, 5.74) is 2.32. The van der Waals surface area contributed by atoms with Gasteiger partial charge in [0, 0.05) is 18.7 Å². The van der Waals surface area contributed by atoms with Gasteiger partial charge in [-0.05, 0) is 44.3 Å². The summed E-state index contributed by atoms with van der Waals surface area (Å²) in [5.74, 6) is 2.21. The molecule has 1 aliphatic rings. The first kappa shape index (κ1) is 12.2. The lowest BCUT2D eigenvalue weighted by Gasteiger charge is -2.19. The van der Waals surface area contributed by atoms with Gasteiger partial charge in [0.1, 0.15) is 11.5 Å². The van der Waals surface area contributed by atoms with Crippen molar-refractivity contribution in [3.63, 3.8) is 0 Å². The number of aromatic nitrogens is 1. The molecule has 3 rings (SSSR count). The molecule has 0 N–H and O–H groups in total. The highest BCUT2D eigenvalue weighted by Crippen LogP contribution is 2.38. The molecule has 0 saturated heterocycles. The van der Waals surface area contributed by atoms with Gasteiger partial charge in [-0.2, -0.15) is 0 Å². The van der Waals surface area contributed by atoms with Crippen molar-refractivity contribution >= 4 is 0 Å². The van der Waals surface area contributed by atoms with E-state index in [-0.39, 0.29) is 0 Å². The third-order valence-electron chi connectivity index (χ3n) is 3.43. The molecule has 0 bridgehead atoms. The van der Waals surface area contributed by atoms with Crippen LogP contribution in [0.4, 0.5) is 0 Å². The Morgan fingerprint density at radius 3 is 2.79 bits per heavy atom. The van der Waals surface area contributed by atoms with Crippen LogP contribution in [-0.4, -0.2) is 30.5 Å². The molecule has 3 nitrogen and oxygen atoms in total. The lowest BCUT2D eigenvalue weighted by molar-refractivity contribution is 0.367. The van der Waals surface area contributed by atoms with Crippen molar-refractivity contribution in [1.82, 2.24) is 9.88 Å². The summed E-state index contributed by atoms with van der Waals surface area (Å²) in [6, 6.07) is 12.2. The van der Waals surface area contributed by atoms with Crippen LogP contribution in [0.2, 0.25) is 0 Å². The Labute approximate surface area is 113 Å². The van der Waals surface area contributed by atoms with Gasteiger partial charge in [0.25, 0.3) is 0 Å². The molecule has 2 heterocycles. The topological polar surface area (TPSA) is 25.4 Å². The van der Waals surface area contributed by atoms with Gasteiger partial charge < -0.3 is 9.64 Å². The molecule has 1 aliphatic heterocycles. The van der Waals surface area contributed by atoms with Crippen LogP contribution in [0.3, 0.4) is 0 Å². The molecule has 1 aromatic heterocycles. The van der Waals surface area contributed by atoms with E-state index in [1.807, 2.05) is 30.5 Å². The molecule has 0 aliphatic carbocycles. The summed E-state index contributed by atoms with van der Waals surface area (Å²) < 4.78 is 6.03. The zero-order chi connectivity index (χ0) is 13.2. The van der Waals surface area contributed by atoms with E-state index < -0.39 is 0 Å². The standard InChI is InChI=1S/C16H18N2O/c1-18(2)11-13-10-12-6-3-4-7-14(12)19-15-8-5-9-17-16(13)15/h3-9,13H,10-11H2,1-2H3/t13-/m1/s1. The Balaban J connectivity index is 2.06. The van der Waals surface area contributed by atoms with Crippen LogP contribution in [0, 0.1) is 0 Å². The number of para-hydroxylation sites is 1. The van der Waals surface area contributed by atoms with E-state index in [2.05, 4.69) is 36.1 Å². The maximum absolute atomic E-state index is 6.03. The van der Waals surface area contributed by atoms with Gasteiger partial charge in [-0.15, -0.1) is 0 Å². The lowest BCUT2D eigenvalue weighted by Crippen LogP contribution is -2.22. The minimum Gasteiger partial charge on any atom is -0.455 e. The maximum atomic E-state index is 6.03. The molecule has 19 heavy (non-hydrogen) atoms. The minimum absolute atomic E-state index is 0.370. The van der Waals surface area contributed by atoms with Crippen LogP contribution in [0.25, 0.3) is 0 Å². The average molecular weight is 254 g/mol. The van der Waals surface area contributed by atoms with Crippen molar-refractivity contribution in [3.05, 3.63) is 53.9 Å². The molecule has 0 unspecified atom stereocenters. The largest absolute Gasteiger partial charge is 0.455 e. The fourth-order valence-corrected chi connectivity index (χ4v) is 2.64. The summed E-state index contributed by atoms with van der Waals surface area (Å²) in [6.45, 7) is 0.974. The van der Waals surface area contributed by atoms with Crippen LogP contribution >= 0.6 is 0 Å². The van der Waals surface area contributed by atoms with Crippen LogP contribution < -0.4 is 4.74 Å². The first-order chi connectivity index (χ1) is 9.24. The molecular formula is C16H18N2O. The number of pyridine rings is 1. The Hall–Kier alpha value is -1.87. The predicted molar refractivity (Wildman–Crippen MR) is 75.8 cm³/mol. The number of benzene rings is 1. The highest BCUT2D eigenvalue weighted by Gasteiger charge is 2.24. The summed E-state index contributed by atoms with van der Waals surface area (Å²) in [5, 5.41) is 0. The molecule has 0 saturated carbocycles. The Kier molecular flexibility index (Phi) is 3.22. The smallest absolute Gasteiger partial charge is 0.149 e. The third kappa shape index (κ3) is 2.47. The van der Waals surface area contributed by atoms with E-state index >= 15 is 0 Å². The molecule has 0 amide bonds. The molecule has 1 aromatic carbocycles. The van der Waals surface area contributed by atoms with E-state index in [1.54, 1.807) is 0 Å². The second kappa shape index (κ2) is 5.02. The molecular weight excluding hydrogens is 236 g/mol. The van der Waals surface area contributed by atoms with Crippen molar-refractivity contribution in [1.29, 1.82) is 0 Å². The fourth-order valence-electron chi connectivity index (χ4n) is 2.64. The van der Waals surface area contributed by atoms with Gasteiger partial charge in [-0.1, -0.05) is 18.2 Å². The highest BCUT2D eigenvalue weighted by molar-refractivity contribution is 5.44. The van der Waals surface area contributed by atoms with E-state index in [0.29, 0.717) is 5.92 Å². The van der Waals surface area contributed by atoms with Gasteiger partial charge >= 0.3 is 0 Å². The van der Waals surface area contributed by atoms with E-state index in [4.69, 9.17) is 4.74 Å². The number of hydrogen-bond donors (Lipinski definition) is 0. The van der Waals surface area contributed by atoms with Crippen LogP contribution in [0.1, 0.15) is 17.2 Å². The third-order valence-corrected chi connectivity index (χ3v) is 3.43. The molecule has 3 heteroatoms. The maximum Gasteiger partial charge on any atom is 0.149 e. The summed E-state index contributed by atoms with van der Waals surface area (Å²) >= 11 is 0. The van der Waals surface area contributed by atoms with E-state index in [0.717, 1.165) is 30.2 Å². The Morgan fingerprint density at radius 2 is 1.95 bits per heavy atom. The molecule has 0 fully saturated rings. The van der Waals surface area contributed by atoms with Crippen LogP contribution in [0.15, 0.2) is 42.6 Å². The van der Waals surface area contributed by atoms with Crippen molar-refractivity contribution in [2.45, 2.75) is 12.3 Å². The second-order valence-electron chi connectivity index (χ2n) is 5.26. The minimum atomic E-state index is 0.370. The lowest BCUT2D eigenvalue weighted by atomic mass is 9.95. The predicted octanol–water partition coefficient (Wildman–Crippen LogP) is 3.08. The number of likely N-dealkylation sites (N-methyl/N-ethyl adjacent to an activating group) is 1. The van der Waals surface area contributed by atoms with E-state index in [9.17, 15) is 0 Å². The molecule has 2 aromatic rings. The SMILES string of the molecule is CN(C)C[C@H]1Cc2ccccc2Oc2cccnc21. The van der Waals surface area contributed by atoms with Gasteiger partial charge in [0.05, 0.1) is 5.69 Å². The van der Waals surface area contributed by atoms with Crippen LogP contribution in [0.5, 0.6) is 11.5 Å². The monoisotopic (exact) mass is 254 g/mol. The summed E-state index contributed by atoms with van der Waals surface area (Å²) in [6.07, 6.45) is 2.82. The highest BCUT2D eigenvalue weighted by atomic mass is 16.5. The quantitative estimate of drug-likeness (QED) is 0.823.